The third-order valence-corrected chi connectivity index (χ3v) is 5.34. The summed E-state index contributed by atoms with van der Waals surface area (Å²) in [6.45, 7) is 3.04. The predicted octanol–water partition coefficient (Wildman–Crippen LogP) is 1.54. The van der Waals surface area contributed by atoms with E-state index in [9.17, 15) is 9.90 Å². The number of carbonyl (C=O) groups excluding carboxylic acids is 1. The van der Waals surface area contributed by atoms with Crippen molar-refractivity contribution in [2.75, 3.05) is 26.2 Å². The minimum Gasteiger partial charge on any atom is -0.391 e. The van der Waals surface area contributed by atoms with E-state index in [1.165, 1.54) is 0 Å². The Labute approximate surface area is 147 Å². The molecule has 1 aromatic carbocycles. The molecule has 2 aromatic rings. The summed E-state index contributed by atoms with van der Waals surface area (Å²) in [4.78, 5) is 16.9. The fraction of sp³-hybridized carbons (Fsp3) is 0.474. The second-order valence-electron chi connectivity index (χ2n) is 6.87. The third-order valence-electron chi connectivity index (χ3n) is 5.34. The minimum absolute atomic E-state index is 0.0127. The van der Waals surface area contributed by atoms with Crippen molar-refractivity contribution in [3.63, 3.8) is 0 Å². The van der Waals surface area contributed by atoms with E-state index >= 15 is 0 Å². The zero-order valence-corrected chi connectivity index (χ0v) is 14.3. The number of piperazine rings is 1. The van der Waals surface area contributed by atoms with Gasteiger partial charge in [-0.3, -0.25) is 9.69 Å². The van der Waals surface area contributed by atoms with Crippen LogP contribution in [-0.2, 0) is 0 Å². The van der Waals surface area contributed by atoms with Crippen LogP contribution in [0.4, 0.5) is 0 Å². The Morgan fingerprint density at radius 3 is 2.48 bits per heavy atom. The van der Waals surface area contributed by atoms with Crippen LogP contribution in [0.3, 0.4) is 0 Å². The SMILES string of the molecule is O=C(c1ccn(-c2ccccc2)n1)N1CCN([C@@H]2CCC[C@H]2O)CC1. The van der Waals surface area contributed by atoms with Gasteiger partial charge in [0.05, 0.1) is 11.8 Å². The highest BCUT2D eigenvalue weighted by molar-refractivity contribution is 5.92. The Bertz CT molecular complexity index is 722. The second-order valence-corrected chi connectivity index (χ2v) is 6.87. The fourth-order valence-electron chi connectivity index (χ4n) is 3.93. The van der Waals surface area contributed by atoms with Crippen molar-refractivity contribution in [3.8, 4) is 5.69 Å². The van der Waals surface area contributed by atoms with Gasteiger partial charge in [-0.2, -0.15) is 5.10 Å². The monoisotopic (exact) mass is 340 g/mol. The molecule has 6 nitrogen and oxygen atoms in total. The molecule has 1 N–H and O–H groups in total. The van der Waals surface area contributed by atoms with Crippen LogP contribution in [0.15, 0.2) is 42.6 Å². The molecule has 1 aliphatic heterocycles. The van der Waals surface area contributed by atoms with Gasteiger partial charge in [-0.15, -0.1) is 0 Å². The lowest BCUT2D eigenvalue weighted by molar-refractivity contribution is 0.0313. The van der Waals surface area contributed by atoms with E-state index in [1.807, 2.05) is 41.4 Å². The molecule has 2 atom stereocenters. The molecule has 2 heterocycles. The number of rotatable bonds is 3. The average Bonchev–Trinajstić information content (AvgIpc) is 3.31. The molecule has 0 spiro atoms. The Kier molecular flexibility index (Phi) is 4.55. The molecule has 0 bridgehead atoms. The van der Waals surface area contributed by atoms with Crippen LogP contribution in [0.2, 0.25) is 0 Å². The lowest BCUT2D eigenvalue weighted by Gasteiger charge is -2.38. The van der Waals surface area contributed by atoms with Gasteiger partial charge in [-0.05, 0) is 37.5 Å². The number of aliphatic hydroxyl groups is 1. The summed E-state index contributed by atoms with van der Waals surface area (Å²) in [5.41, 5.74) is 1.43. The molecular weight excluding hydrogens is 316 g/mol. The summed E-state index contributed by atoms with van der Waals surface area (Å²) in [6, 6.07) is 11.8. The Hall–Kier alpha value is -2.18. The Balaban J connectivity index is 1.39. The first kappa shape index (κ1) is 16.3. The van der Waals surface area contributed by atoms with Crippen molar-refractivity contribution in [2.45, 2.75) is 31.4 Å². The smallest absolute Gasteiger partial charge is 0.274 e. The van der Waals surface area contributed by atoms with Crippen LogP contribution in [0, 0.1) is 0 Å². The van der Waals surface area contributed by atoms with Gasteiger partial charge in [-0.1, -0.05) is 18.2 Å². The Morgan fingerprint density at radius 2 is 1.80 bits per heavy atom. The lowest BCUT2D eigenvalue weighted by Crippen LogP contribution is -2.53. The van der Waals surface area contributed by atoms with Crippen molar-refractivity contribution < 1.29 is 9.90 Å². The normalized spacial score (nSPS) is 24.6. The summed E-state index contributed by atoms with van der Waals surface area (Å²) in [6.07, 6.45) is 4.69. The molecule has 1 saturated heterocycles. The molecule has 4 rings (SSSR count). The van der Waals surface area contributed by atoms with E-state index in [4.69, 9.17) is 0 Å². The topological polar surface area (TPSA) is 61.6 Å². The molecule has 1 amide bonds. The standard InChI is InChI=1S/C19H24N4O2/c24-18-8-4-7-17(18)21-11-13-22(14-12-21)19(25)16-9-10-23(20-16)15-5-2-1-3-6-15/h1-3,5-6,9-10,17-18,24H,4,7-8,11-14H2/t17-,18-/m1/s1. The molecule has 2 fully saturated rings. The maximum absolute atomic E-state index is 12.7. The summed E-state index contributed by atoms with van der Waals surface area (Å²) < 4.78 is 1.73. The molecule has 0 unspecified atom stereocenters. The maximum Gasteiger partial charge on any atom is 0.274 e. The van der Waals surface area contributed by atoms with E-state index in [0.29, 0.717) is 18.8 Å². The van der Waals surface area contributed by atoms with Crippen molar-refractivity contribution in [1.29, 1.82) is 0 Å². The number of hydrogen-bond acceptors (Lipinski definition) is 4. The van der Waals surface area contributed by atoms with Crippen LogP contribution >= 0.6 is 0 Å². The second kappa shape index (κ2) is 6.98. The van der Waals surface area contributed by atoms with Crippen LogP contribution in [0.1, 0.15) is 29.8 Å². The molecule has 132 valence electrons. The molecule has 2 aliphatic rings. The molecule has 0 radical (unpaired) electrons. The first-order chi connectivity index (χ1) is 12.2. The van der Waals surface area contributed by atoms with Crippen LogP contribution in [0.5, 0.6) is 0 Å². The van der Waals surface area contributed by atoms with Crippen molar-refractivity contribution in [2.24, 2.45) is 0 Å². The zero-order valence-electron chi connectivity index (χ0n) is 14.3. The molecule has 1 aliphatic carbocycles. The molecule has 1 saturated carbocycles. The van der Waals surface area contributed by atoms with E-state index in [0.717, 1.165) is 38.0 Å². The van der Waals surface area contributed by atoms with Gasteiger partial charge < -0.3 is 10.0 Å². The lowest BCUT2D eigenvalue weighted by atomic mass is 10.1. The van der Waals surface area contributed by atoms with E-state index < -0.39 is 0 Å². The van der Waals surface area contributed by atoms with Gasteiger partial charge in [0, 0.05) is 38.4 Å². The van der Waals surface area contributed by atoms with Crippen molar-refractivity contribution >= 4 is 5.91 Å². The number of benzene rings is 1. The maximum atomic E-state index is 12.7. The van der Waals surface area contributed by atoms with Crippen molar-refractivity contribution in [3.05, 3.63) is 48.3 Å². The summed E-state index contributed by atoms with van der Waals surface area (Å²) >= 11 is 0. The third kappa shape index (κ3) is 3.32. The molecule has 1 aromatic heterocycles. The molecular formula is C19H24N4O2. The first-order valence-electron chi connectivity index (χ1n) is 9.05. The van der Waals surface area contributed by atoms with E-state index in [-0.39, 0.29) is 18.1 Å². The van der Waals surface area contributed by atoms with E-state index in [1.54, 1.807) is 10.7 Å². The summed E-state index contributed by atoms with van der Waals surface area (Å²) in [5.74, 6) is -0.0127. The zero-order chi connectivity index (χ0) is 17.2. The van der Waals surface area contributed by atoms with Crippen LogP contribution in [0.25, 0.3) is 5.69 Å². The summed E-state index contributed by atoms with van der Waals surface area (Å²) in [7, 11) is 0. The number of aromatic nitrogens is 2. The highest BCUT2D eigenvalue weighted by atomic mass is 16.3. The first-order valence-corrected chi connectivity index (χ1v) is 9.05. The van der Waals surface area contributed by atoms with Gasteiger partial charge in [0.15, 0.2) is 5.69 Å². The van der Waals surface area contributed by atoms with Crippen LogP contribution < -0.4 is 0 Å². The summed E-state index contributed by atoms with van der Waals surface area (Å²) in [5, 5.41) is 14.5. The number of aliphatic hydroxyl groups excluding tert-OH is 1. The molecule has 6 heteroatoms. The highest BCUT2D eigenvalue weighted by Crippen LogP contribution is 2.25. The number of carbonyl (C=O) groups is 1. The highest BCUT2D eigenvalue weighted by Gasteiger charge is 2.33. The quantitative estimate of drug-likeness (QED) is 0.921. The number of amides is 1. The number of para-hydroxylation sites is 1. The van der Waals surface area contributed by atoms with Crippen LogP contribution in [-0.4, -0.2) is 68.9 Å². The van der Waals surface area contributed by atoms with Crippen molar-refractivity contribution in [1.82, 2.24) is 19.6 Å². The fourth-order valence-corrected chi connectivity index (χ4v) is 3.93. The molecule has 25 heavy (non-hydrogen) atoms. The van der Waals surface area contributed by atoms with Gasteiger partial charge in [-0.25, -0.2) is 4.68 Å². The predicted molar refractivity (Wildman–Crippen MR) is 94.7 cm³/mol. The van der Waals surface area contributed by atoms with E-state index in [2.05, 4.69) is 10.00 Å². The number of hydrogen-bond donors (Lipinski definition) is 1. The van der Waals surface area contributed by atoms with Gasteiger partial charge in [0.1, 0.15) is 0 Å². The van der Waals surface area contributed by atoms with Gasteiger partial charge >= 0.3 is 0 Å². The number of nitrogens with zero attached hydrogens (tertiary/aromatic N) is 4. The minimum atomic E-state index is -0.205. The largest absolute Gasteiger partial charge is 0.391 e. The van der Waals surface area contributed by atoms with Gasteiger partial charge in [0.25, 0.3) is 5.91 Å². The Morgan fingerprint density at radius 1 is 1.04 bits per heavy atom. The van der Waals surface area contributed by atoms with Gasteiger partial charge in [0.2, 0.25) is 0 Å². The average molecular weight is 340 g/mol.